The van der Waals surface area contributed by atoms with Crippen molar-refractivity contribution in [1.29, 1.82) is 0 Å². The Morgan fingerprint density at radius 2 is 2.13 bits per heavy atom. The molecule has 1 aromatic rings. The van der Waals surface area contributed by atoms with Crippen LogP contribution >= 0.6 is 0 Å². The van der Waals surface area contributed by atoms with E-state index in [9.17, 15) is 8.42 Å². The van der Waals surface area contributed by atoms with Gasteiger partial charge in [-0.1, -0.05) is 6.07 Å². The number of aryl methyl sites for hydroxylation is 1. The van der Waals surface area contributed by atoms with Crippen LogP contribution in [0.1, 0.15) is 5.56 Å². The van der Waals surface area contributed by atoms with Gasteiger partial charge in [0.05, 0.1) is 5.75 Å². The lowest BCUT2D eigenvalue weighted by Crippen LogP contribution is -2.26. The van der Waals surface area contributed by atoms with Crippen molar-refractivity contribution in [3.63, 3.8) is 0 Å². The molecule has 1 heterocycles. The van der Waals surface area contributed by atoms with Crippen molar-refractivity contribution < 1.29 is 8.42 Å². The van der Waals surface area contributed by atoms with E-state index in [0.29, 0.717) is 12.4 Å². The first-order valence-corrected chi connectivity index (χ1v) is 6.26. The average molecular weight is 229 g/mol. The van der Waals surface area contributed by atoms with Crippen molar-refractivity contribution in [2.45, 2.75) is 6.92 Å². The number of hydrogen-bond acceptors (Lipinski definition) is 4. The molecule has 0 atom stereocenters. The Morgan fingerprint density at radius 1 is 1.40 bits per heavy atom. The van der Waals surface area contributed by atoms with Gasteiger partial charge in [0, 0.05) is 12.7 Å². The second kappa shape index (κ2) is 5.09. The van der Waals surface area contributed by atoms with E-state index >= 15 is 0 Å². The van der Waals surface area contributed by atoms with Crippen molar-refractivity contribution in [2.75, 3.05) is 24.7 Å². The van der Waals surface area contributed by atoms with Gasteiger partial charge < -0.3 is 5.32 Å². The second-order valence-corrected chi connectivity index (χ2v) is 5.22. The molecule has 6 heteroatoms. The van der Waals surface area contributed by atoms with Crippen molar-refractivity contribution in [1.82, 2.24) is 9.71 Å². The molecule has 0 saturated carbocycles. The fourth-order valence-corrected chi connectivity index (χ4v) is 1.56. The summed E-state index contributed by atoms with van der Waals surface area (Å²) in [6, 6.07) is 3.74. The van der Waals surface area contributed by atoms with Crippen LogP contribution < -0.4 is 10.0 Å². The van der Waals surface area contributed by atoms with Crippen LogP contribution in [0, 0.1) is 6.92 Å². The van der Waals surface area contributed by atoms with Crippen LogP contribution in [0.25, 0.3) is 0 Å². The van der Waals surface area contributed by atoms with Crippen LogP contribution in [0.5, 0.6) is 0 Å². The Kier molecular flexibility index (Phi) is 4.05. The third-order valence-corrected chi connectivity index (χ3v) is 3.26. The van der Waals surface area contributed by atoms with Crippen LogP contribution in [0.15, 0.2) is 18.3 Å². The summed E-state index contributed by atoms with van der Waals surface area (Å²) < 4.78 is 24.4. The molecule has 1 aromatic heterocycles. The minimum atomic E-state index is -3.14. The largest absolute Gasteiger partial charge is 0.369 e. The molecule has 5 nitrogen and oxygen atoms in total. The summed E-state index contributed by atoms with van der Waals surface area (Å²) in [5.74, 6) is 0.728. The number of aromatic nitrogens is 1. The van der Waals surface area contributed by atoms with Crippen LogP contribution in [0.3, 0.4) is 0 Å². The fraction of sp³-hybridized carbons (Fsp3) is 0.444. The first-order valence-electron chi connectivity index (χ1n) is 4.61. The highest BCUT2D eigenvalue weighted by Gasteiger charge is 2.05. The summed E-state index contributed by atoms with van der Waals surface area (Å²) in [6.07, 6.45) is 1.73. The molecule has 15 heavy (non-hydrogen) atoms. The molecule has 0 aliphatic heterocycles. The molecule has 0 bridgehead atoms. The Hall–Kier alpha value is -1.14. The molecule has 0 amide bonds. The minimum absolute atomic E-state index is 0.0407. The topological polar surface area (TPSA) is 71.1 Å². The Morgan fingerprint density at radius 3 is 2.67 bits per heavy atom. The highest BCUT2D eigenvalue weighted by atomic mass is 32.2. The smallest absolute Gasteiger partial charge is 0.213 e. The lowest BCUT2D eigenvalue weighted by atomic mass is 10.3. The third kappa shape index (κ3) is 4.26. The second-order valence-electron chi connectivity index (χ2n) is 3.17. The predicted molar refractivity (Wildman–Crippen MR) is 60.3 cm³/mol. The van der Waals surface area contributed by atoms with Crippen molar-refractivity contribution in [3.05, 3.63) is 23.9 Å². The summed E-state index contributed by atoms with van der Waals surface area (Å²) in [7, 11) is -1.74. The molecule has 0 spiro atoms. The molecule has 2 N–H and O–H groups in total. The van der Waals surface area contributed by atoms with Gasteiger partial charge in [0.25, 0.3) is 0 Å². The summed E-state index contributed by atoms with van der Waals surface area (Å²) in [5.41, 5.74) is 1.07. The SMILES string of the molecule is CNS(=O)(=O)CCNc1ccc(C)cn1. The van der Waals surface area contributed by atoms with Gasteiger partial charge in [0.2, 0.25) is 10.0 Å². The molecule has 0 saturated heterocycles. The van der Waals surface area contributed by atoms with Gasteiger partial charge >= 0.3 is 0 Å². The number of sulfonamides is 1. The van der Waals surface area contributed by atoms with Gasteiger partial charge in [-0.25, -0.2) is 18.1 Å². The first kappa shape index (κ1) is 11.9. The molecule has 0 aliphatic rings. The standard InChI is InChI=1S/C9H15N3O2S/c1-8-3-4-9(12-7-8)11-5-6-15(13,14)10-2/h3-4,7,10H,5-6H2,1-2H3,(H,11,12). The van der Waals surface area contributed by atoms with Gasteiger partial charge in [0.1, 0.15) is 5.82 Å². The molecule has 0 radical (unpaired) electrons. The summed E-state index contributed by atoms with van der Waals surface area (Å²) in [6.45, 7) is 2.29. The van der Waals surface area contributed by atoms with Crippen LogP contribution in [0.2, 0.25) is 0 Å². The number of anilines is 1. The number of pyridine rings is 1. The van der Waals surface area contributed by atoms with E-state index in [0.717, 1.165) is 5.56 Å². The predicted octanol–water partition coefficient (Wildman–Crippen LogP) is 0.351. The lowest BCUT2D eigenvalue weighted by Gasteiger charge is -2.05. The maximum absolute atomic E-state index is 11.1. The van der Waals surface area contributed by atoms with Crippen LogP contribution in [-0.4, -0.2) is 32.7 Å². The van der Waals surface area contributed by atoms with Crippen LogP contribution in [-0.2, 0) is 10.0 Å². The van der Waals surface area contributed by atoms with Crippen molar-refractivity contribution in [3.8, 4) is 0 Å². The van der Waals surface area contributed by atoms with E-state index in [1.165, 1.54) is 7.05 Å². The van der Waals surface area contributed by atoms with Gasteiger partial charge in [-0.05, 0) is 25.6 Å². The molecule has 0 fully saturated rings. The highest BCUT2D eigenvalue weighted by Crippen LogP contribution is 2.02. The normalized spacial score (nSPS) is 11.3. The average Bonchev–Trinajstić information content (AvgIpc) is 2.21. The van der Waals surface area contributed by atoms with Gasteiger partial charge in [0.15, 0.2) is 0 Å². The quantitative estimate of drug-likeness (QED) is 0.764. The summed E-state index contributed by atoms with van der Waals surface area (Å²) in [5, 5.41) is 2.93. The maximum atomic E-state index is 11.1. The number of rotatable bonds is 5. The minimum Gasteiger partial charge on any atom is -0.369 e. The monoisotopic (exact) mass is 229 g/mol. The zero-order valence-electron chi connectivity index (χ0n) is 8.82. The maximum Gasteiger partial charge on any atom is 0.213 e. The molecule has 84 valence electrons. The number of nitrogens with zero attached hydrogens (tertiary/aromatic N) is 1. The summed E-state index contributed by atoms with van der Waals surface area (Å²) >= 11 is 0. The Balaban J connectivity index is 2.42. The fourth-order valence-electron chi connectivity index (χ4n) is 0.988. The van der Waals surface area contributed by atoms with E-state index in [2.05, 4.69) is 15.0 Å². The third-order valence-electron chi connectivity index (χ3n) is 1.90. The van der Waals surface area contributed by atoms with E-state index in [1.54, 1.807) is 6.20 Å². The van der Waals surface area contributed by atoms with E-state index in [-0.39, 0.29) is 5.75 Å². The van der Waals surface area contributed by atoms with E-state index in [4.69, 9.17) is 0 Å². The van der Waals surface area contributed by atoms with Gasteiger partial charge in [-0.15, -0.1) is 0 Å². The Labute approximate surface area is 90.0 Å². The van der Waals surface area contributed by atoms with Crippen molar-refractivity contribution in [2.24, 2.45) is 0 Å². The molecular formula is C9H15N3O2S. The molecule has 1 rings (SSSR count). The first-order chi connectivity index (χ1) is 7.03. The number of hydrogen-bond donors (Lipinski definition) is 2. The Bertz CT molecular complexity index is 400. The molecule has 0 unspecified atom stereocenters. The van der Waals surface area contributed by atoms with E-state index < -0.39 is 10.0 Å². The summed E-state index contributed by atoms with van der Waals surface area (Å²) in [4.78, 5) is 4.10. The zero-order valence-corrected chi connectivity index (χ0v) is 9.63. The highest BCUT2D eigenvalue weighted by molar-refractivity contribution is 7.89. The molecular weight excluding hydrogens is 214 g/mol. The molecule has 0 aromatic carbocycles. The molecule has 0 aliphatic carbocycles. The van der Waals surface area contributed by atoms with Gasteiger partial charge in [-0.2, -0.15) is 0 Å². The number of nitrogens with one attached hydrogen (secondary N) is 2. The van der Waals surface area contributed by atoms with Gasteiger partial charge in [-0.3, -0.25) is 0 Å². The van der Waals surface area contributed by atoms with E-state index in [1.807, 2.05) is 19.1 Å². The van der Waals surface area contributed by atoms with Crippen LogP contribution in [0.4, 0.5) is 5.82 Å². The zero-order chi connectivity index (χ0) is 11.3. The van der Waals surface area contributed by atoms with Crippen molar-refractivity contribution >= 4 is 15.8 Å². The lowest BCUT2D eigenvalue weighted by molar-refractivity contribution is 0.588.